The molecule has 2 N–H and O–H groups in total. The standard InChI is InChI=1S/C6H9BN2O4/c1-9-3-4(7(11)12)5(8-9)6(10)13-2/h3,11-12H,1-2H3. The van der Waals surface area contributed by atoms with Crippen LogP contribution in [0.2, 0.25) is 0 Å². The van der Waals surface area contributed by atoms with E-state index in [1.165, 1.54) is 18.0 Å². The summed E-state index contributed by atoms with van der Waals surface area (Å²) >= 11 is 0. The van der Waals surface area contributed by atoms with Gasteiger partial charge in [0.05, 0.1) is 7.11 Å². The van der Waals surface area contributed by atoms with Crippen LogP contribution >= 0.6 is 0 Å². The zero-order chi connectivity index (χ0) is 10.0. The van der Waals surface area contributed by atoms with Crippen molar-refractivity contribution < 1.29 is 19.6 Å². The molecule has 0 spiro atoms. The third kappa shape index (κ3) is 1.88. The molecule has 0 bridgehead atoms. The van der Waals surface area contributed by atoms with Crippen molar-refractivity contribution in [2.24, 2.45) is 7.05 Å². The van der Waals surface area contributed by atoms with Gasteiger partial charge >= 0.3 is 13.1 Å². The molecule has 0 saturated carbocycles. The molecule has 0 radical (unpaired) electrons. The minimum atomic E-state index is -1.72. The molecule has 70 valence electrons. The van der Waals surface area contributed by atoms with E-state index in [0.29, 0.717) is 0 Å². The number of methoxy groups -OCH3 is 1. The van der Waals surface area contributed by atoms with Crippen LogP contribution in [-0.4, -0.2) is 40.0 Å². The summed E-state index contributed by atoms with van der Waals surface area (Å²) in [5, 5.41) is 21.4. The van der Waals surface area contributed by atoms with E-state index in [0.717, 1.165) is 0 Å². The fourth-order valence-corrected chi connectivity index (χ4v) is 0.951. The lowest BCUT2D eigenvalue weighted by Crippen LogP contribution is -2.33. The molecule has 1 aromatic heterocycles. The number of rotatable bonds is 2. The van der Waals surface area contributed by atoms with Gasteiger partial charge in [-0.3, -0.25) is 4.68 Å². The molecule has 0 aromatic carbocycles. The molecule has 0 aliphatic heterocycles. The first kappa shape index (κ1) is 9.75. The number of carbonyl (C=O) groups is 1. The van der Waals surface area contributed by atoms with Gasteiger partial charge in [-0.1, -0.05) is 0 Å². The molecule has 0 fully saturated rings. The summed E-state index contributed by atoms with van der Waals surface area (Å²) in [5.41, 5.74) is -0.0469. The van der Waals surface area contributed by atoms with Crippen molar-refractivity contribution >= 4 is 18.6 Å². The van der Waals surface area contributed by atoms with Crippen LogP contribution in [0.5, 0.6) is 0 Å². The SMILES string of the molecule is COC(=O)c1nn(C)cc1B(O)O. The monoisotopic (exact) mass is 184 g/mol. The molecule has 0 aliphatic rings. The van der Waals surface area contributed by atoms with E-state index in [2.05, 4.69) is 9.84 Å². The first-order valence-corrected chi connectivity index (χ1v) is 3.54. The number of hydrogen-bond acceptors (Lipinski definition) is 5. The average molecular weight is 184 g/mol. The third-order valence-electron chi connectivity index (χ3n) is 1.51. The van der Waals surface area contributed by atoms with Gasteiger partial charge in [-0.05, 0) is 0 Å². The fourth-order valence-electron chi connectivity index (χ4n) is 0.951. The van der Waals surface area contributed by atoms with Crippen LogP contribution in [0.25, 0.3) is 0 Å². The maximum Gasteiger partial charge on any atom is 0.492 e. The first-order chi connectivity index (χ1) is 6.06. The first-order valence-electron chi connectivity index (χ1n) is 3.54. The van der Waals surface area contributed by atoms with Crippen LogP contribution in [-0.2, 0) is 11.8 Å². The number of carbonyl (C=O) groups excluding carboxylic acids is 1. The highest BCUT2D eigenvalue weighted by Gasteiger charge is 2.24. The van der Waals surface area contributed by atoms with Crippen molar-refractivity contribution in [3.63, 3.8) is 0 Å². The predicted molar refractivity (Wildman–Crippen MR) is 44.4 cm³/mol. The number of ether oxygens (including phenoxy) is 1. The Morgan fingerprint density at radius 3 is 2.77 bits per heavy atom. The molecule has 13 heavy (non-hydrogen) atoms. The average Bonchev–Trinajstić information content (AvgIpc) is 2.46. The van der Waals surface area contributed by atoms with Gasteiger partial charge in [0.2, 0.25) is 0 Å². The second kappa shape index (κ2) is 3.59. The van der Waals surface area contributed by atoms with Crippen molar-refractivity contribution in [2.45, 2.75) is 0 Å². The van der Waals surface area contributed by atoms with Gasteiger partial charge in [0, 0.05) is 18.7 Å². The summed E-state index contributed by atoms with van der Waals surface area (Å²) in [6.45, 7) is 0. The molecule has 0 aliphatic carbocycles. The summed E-state index contributed by atoms with van der Waals surface area (Å²) in [6, 6.07) is 0. The summed E-state index contributed by atoms with van der Waals surface area (Å²) in [5.74, 6) is -0.691. The van der Waals surface area contributed by atoms with Gasteiger partial charge in [0.25, 0.3) is 0 Å². The molecule has 1 rings (SSSR count). The number of hydrogen-bond donors (Lipinski definition) is 2. The van der Waals surface area contributed by atoms with Gasteiger partial charge < -0.3 is 14.8 Å². The van der Waals surface area contributed by atoms with Gasteiger partial charge in [-0.15, -0.1) is 0 Å². The molecule has 7 heteroatoms. The Morgan fingerprint density at radius 2 is 2.31 bits per heavy atom. The van der Waals surface area contributed by atoms with Crippen LogP contribution in [0.4, 0.5) is 0 Å². The Bertz CT molecular complexity index is 322. The Balaban J connectivity index is 3.11. The van der Waals surface area contributed by atoms with Crippen molar-refractivity contribution in [3.05, 3.63) is 11.9 Å². The van der Waals surface area contributed by atoms with E-state index >= 15 is 0 Å². The molecule has 0 amide bonds. The van der Waals surface area contributed by atoms with E-state index in [1.54, 1.807) is 7.05 Å². The second-order valence-corrected chi connectivity index (χ2v) is 2.47. The van der Waals surface area contributed by atoms with Gasteiger partial charge in [-0.2, -0.15) is 5.10 Å². The highest BCUT2D eigenvalue weighted by molar-refractivity contribution is 6.60. The Hall–Kier alpha value is -1.34. The number of aryl methyl sites for hydroxylation is 1. The minimum absolute atomic E-state index is 0.0364. The lowest BCUT2D eigenvalue weighted by molar-refractivity contribution is 0.0594. The summed E-state index contributed by atoms with van der Waals surface area (Å²) in [6.07, 6.45) is 1.34. The quantitative estimate of drug-likeness (QED) is 0.405. The molecule has 0 unspecified atom stereocenters. The summed E-state index contributed by atoms with van der Waals surface area (Å²) in [4.78, 5) is 11.0. The highest BCUT2D eigenvalue weighted by Crippen LogP contribution is 1.95. The van der Waals surface area contributed by atoms with Gasteiger partial charge in [-0.25, -0.2) is 4.79 Å². The summed E-state index contributed by atoms with van der Waals surface area (Å²) in [7, 11) is 1.05. The van der Waals surface area contributed by atoms with Gasteiger partial charge in [0.15, 0.2) is 5.69 Å². The van der Waals surface area contributed by atoms with E-state index in [-0.39, 0.29) is 11.2 Å². The molecular formula is C6H9BN2O4. The highest BCUT2D eigenvalue weighted by atomic mass is 16.5. The van der Waals surface area contributed by atoms with Crippen LogP contribution in [0.15, 0.2) is 6.20 Å². The fraction of sp³-hybridized carbons (Fsp3) is 0.333. The zero-order valence-electron chi connectivity index (χ0n) is 7.26. The normalized spacial score (nSPS) is 9.85. The van der Waals surface area contributed by atoms with Gasteiger partial charge in [0.1, 0.15) is 0 Å². The topological polar surface area (TPSA) is 84.6 Å². The van der Waals surface area contributed by atoms with Crippen molar-refractivity contribution in [2.75, 3.05) is 7.11 Å². The lowest BCUT2D eigenvalue weighted by atomic mass is 9.80. The van der Waals surface area contributed by atoms with E-state index < -0.39 is 13.1 Å². The van der Waals surface area contributed by atoms with E-state index in [1.807, 2.05) is 0 Å². The molecular weight excluding hydrogens is 175 g/mol. The zero-order valence-corrected chi connectivity index (χ0v) is 7.26. The molecule has 6 nitrogen and oxygen atoms in total. The Morgan fingerprint density at radius 1 is 1.69 bits per heavy atom. The van der Waals surface area contributed by atoms with Crippen molar-refractivity contribution in [3.8, 4) is 0 Å². The predicted octanol–water partition coefficient (Wildman–Crippen LogP) is -2.11. The molecule has 1 aromatic rings. The Labute approximate surface area is 74.9 Å². The maximum atomic E-state index is 11.0. The van der Waals surface area contributed by atoms with Crippen molar-refractivity contribution in [1.82, 2.24) is 9.78 Å². The van der Waals surface area contributed by atoms with Crippen LogP contribution in [0.3, 0.4) is 0 Å². The van der Waals surface area contributed by atoms with Crippen molar-refractivity contribution in [1.29, 1.82) is 0 Å². The van der Waals surface area contributed by atoms with E-state index in [4.69, 9.17) is 10.0 Å². The lowest BCUT2D eigenvalue weighted by Gasteiger charge is -1.97. The van der Waals surface area contributed by atoms with E-state index in [9.17, 15) is 4.79 Å². The number of esters is 1. The molecule has 0 atom stereocenters. The number of nitrogens with zero attached hydrogens (tertiary/aromatic N) is 2. The minimum Gasteiger partial charge on any atom is -0.464 e. The van der Waals surface area contributed by atoms with Crippen LogP contribution in [0, 0.1) is 0 Å². The second-order valence-electron chi connectivity index (χ2n) is 2.47. The smallest absolute Gasteiger partial charge is 0.464 e. The number of aromatic nitrogens is 2. The third-order valence-corrected chi connectivity index (χ3v) is 1.51. The van der Waals surface area contributed by atoms with Crippen LogP contribution in [0.1, 0.15) is 10.5 Å². The molecule has 1 heterocycles. The summed E-state index contributed by atoms with van der Waals surface area (Å²) < 4.78 is 5.71. The maximum absolute atomic E-state index is 11.0. The largest absolute Gasteiger partial charge is 0.492 e. The molecule has 0 saturated heterocycles. The van der Waals surface area contributed by atoms with Crippen LogP contribution < -0.4 is 5.46 Å². The Kier molecular flexibility index (Phi) is 2.69.